The molecule has 124 valence electrons. The van der Waals surface area contributed by atoms with Crippen LogP contribution in [0, 0.1) is 5.92 Å². The number of benzene rings is 2. The molecule has 1 fully saturated rings. The van der Waals surface area contributed by atoms with Gasteiger partial charge in [-0.1, -0.05) is 49.7 Å². The van der Waals surface area contributed by atoms with Crippen molar-refractivity contribution in [1.82, 2.24) is 5.32 Å². The SMILES string of the molecule is CCCC1CC1NC(=O)c1ccccc1-c1ccccc1C(=O)O. The zero-order valence-corrected chi connectivity index (χ0v) is 13.7. The summed E-state index contributed by atoms with van der Waals surface area (Å²) in [6.07, 6.45) is 3.29. The normalized spacial score (nSPS) is 18.9. The Labute approximate surface area is 141 Å². The van der Waals surface area contributed by atoms with Gasteiger partial charge in [0, 0.05) is 11.6 Å². The molecule has 3 rings (SSSR count). The number of carbonyl (C=O) groups excluding carboxylic acids is 1. The molecule has 24 heavy (non-hydrogen) atoms. The smallest absolute Gasteiger partial charge is 0.336 e. The molecule has 4 nitrogen and oxygen atoms in total. The summed E-state index contributed by atoms with van der Waals surface area (Å²) in [5, 5.41) is 12.5. The Kier molecular flexibility index (Phi) is 4.65. The van der Waals surface area contributed by atoms with Gasteiger partial charge in [-0.3, -0.25) is 4.79 Å². The molecule has 1 amide bonds. The molecular weight excluding hydrogens is 302 g/mol. The van der Waals surface area contributed by atoms with Crippen molar-refractivity contribution in [3.8, 4) is 11.1 Å². The first kappa shape index (κ1) is 16.2. The molecule has 0 saturated heterocycles. The maximum Gasteiger partial charge on any atom is 0.336 e. The molecule has 0 bridgehead atoms. The van der Waals surface area contributed by atoms with Crippen molar-refractivity contribution in [3.05, 3.63) is 59.7 Å². The van der Waals surface area contributed by atoms with Crippen LogP contribution in [0.25, 0.3) is 11.1 Å². The van der Waals surface area contributed by atoms with Crippen LogP contribution in [-0.2, 0) is 0 Å². The Morgan fingerprint density at radius 3 is 2.25 bits per heavy atom. The zero-order chi connectivity index (χ0) is 17.1. The minimum Gasteiger partial charge on any atom is -0.478 e. The maximum absolute atomic E-state index is 12.7. The van der Waals surface area contributed by atoms with E-state index in [4.69, 9.17) is 0 Å². The zero-order valence-electron chi connectivity index (χ0n) is 13.7. The Hall–Kier alpha value is -2.62. The molecule has 2 atom stereocenters. The number of nitrogens with one attached hydrogen (secondary N) is 1. The summed E-state index contributed by atoms with van der Waals surface area (Å²) in [6, 6.07) is 14.2. The summed E-state index contributed by atoms with van der Waals surface area (Å²) in [6.45, 7) is 2.15. The highest BCUT2D eigenvalue weighted by Gasteiger charge is 2.37. The van der Waals surface area contributed by atoms with E-state index in [0.29, 0.717) is 22.6 Å². The van der Waals surface area contributed by atoms with E-state index in [1.165, 1.54) is 0 Å². The Balaban J connectivity index is 1.89. The van der Waals surface area contributed by atoms with Crippen molar-refractivity contribution in [2.75, 3.05) is 0 Å². The fourth-order valence-corrected chi connectivity index (χ4v) is 3.18. The number of hydrogen-bond acceptors (Lipinski definition) is 2. The molecule has 2 aromatic carbocycles. The van der Waals surface area contributed by atoms with Gasteiger partial charge in [-0.2, -0.15) is 0 Å². The second-order valence-corrected chi connectivity index (χ2v) is 6.26. The monoisotopic (exact) mass is 323 g/mol. The van der Waals surface area contributed by atoms with Crippen molar-refractivity contribution in [2.24, 2.45) is 5.92 Å². The fourth-order valence-electron chi connectivity index (χ4n) is 3.18. The molecule has 2 unspecified atom stereocenters. The third-order valence-electron chi connectivity index (χ3n) is 4.52. The van der Waals surface area contributed by atoms with Crippen LogP contribution in [0.2, 0.25) is 0 Å². The van der Waals surface area contributed by atoms with Crippen molar-refractivity contribution < 1.29 is 14.7 Å². The van der Waals surface area contributed by atoms with E-state index < -0.39 is 5.97 Å². The molecule has 0 heterocycles. The van der Waals surface area contributed by atoms with Gasteiger partial charge >= 0.3 is 5.97 Å². The van der Waals surface area contributed by atoms with E-state index in [2.05, 4.69) is 12.2 Å². The van der Waals surface area contributed by atoms with Crippen LogP contribution in [0.5, 0.6) is 0 Å². The number of rotatable bonds is 6. The Morgan fingerprint density at radius 2 is 1.62 bits per heavy atom. The number of carbonyl (C=O) groups is 2. The topological polar surface area (TPSA) is 66.4 Å². The van der Waals surface area contributed by atoms with Crippen molar-refractivity contribution in [3.63, 3.8) is 0 Å². The molecular formula is C20H21NO3. The molecule has 1 saturated carbocycles. The van der Waals surface area contributed by atoms with Crippen LogP contribution in [0.3, 0.4) is 0 Å². The molecule has 1 aliphatic carbocycles. The summed E-state index contributed by atoms with van der Waals surface area (Å²) < 4.78 is 0. The summed E-state index contributed by atoms with van der Waals surface area (Å²) in [7, 11) is 0. The van der Waals surface area contributed by atoms with Gasteiger partial charge < -0.3 is 10.4 Å². The highest BCUT2D eigenvalue weighted by Crippen LogP contribution is 2.35. The number of carboxylic acid groups (broad SMARTS) is 1. The average Bonchev–Trinajstić information content (AvgIpc) is 3.32. The van der Waals surface area contributed by atoms with Gasteiger partial charge in [-0.05, 0) is 42.0 Å². The van der Waals surface area contributed by atoms with Gasteiger partial charge in [-0.15, -0.1) is 0 Å². The molecule has 0 spiro atoms. The maximum atomic E-state index is 12.7. The first-order valence-electron chi connectivity index (χ1n) is 8.34. The summed E-state index contributed by atoms with van der Waals surface area (Å²) >= 11 is 0. The van der Waals surface area contributed by atoms with Crippen LogP contribution in [0.15, 0.2) is 48.5 Å². The predicted octanol–water partition coefficient (Wildman–Crippen LogP) is 3.97. The van der Waals surface area contributed by atoms with Crippen molar-refractivity contribution >= 4 is 11.9 Å². The third kappa shape index (κ3) is 3.32. The lowest BCUT2D eigenvalue weighted by Gasteiger charge is -2.12. The van der Waals surface area contributed by atoms with Gasteiger partial charge in [0.1, 0.15) is 0 Å². The number of carboxylic acids is 1. The second kappa shape index (κ2) is 6.87. The lowest BCUT2D eigenvalue weighted by Crippen LogP contribution is -2.27. The molecule has 2 N–H and O–H groups in total. The largest absolute Gasteiger partial charge is 0.478 e. The van der Waals surface area contributed by atoms with E-state index in [9.17, 15) is 14.7 Å². The highest BCUT2D eigenvalue weighted by atomic mass is 16.4. The molecule has 0 radical (unpaired) electrons. The van der Waals surface area contributed by atoms with Gasteiger partial charge in [0.25, 0.3) is 5.91 Å². The summed E-state index contributed by atoms with van der Waals surface area (Å²) in [5.74, 6) is -0.544. The van der Waals surface area contributed by atoms with Gasteiger partial charge in [0.2, 0.25) is 0 Å². The van der Waals surface area contributed by atoms with Gasteiger partial charge in [0.05, 0.1) is 5.56 Å². The average molecular weight is 323 g/mol. The lowest BCUT2D eigenvalue weighted by atomic mass is 9.95. The van der Waals surface area contributed by atoms with Crippen LogP contribution in [0.1, 0.15) is 46.9 Å². The van der Waals surface area contributed by atoms with E-state index in [1.807, 2.05) is 6.07 Å². The van der Waals surface area contributed by atoms with E-state index >= 15 is 0 Å². The highest BCUT2D eigenvalue weighted by molar-refractivity contribution is 6.04. The van der Waals surface area contributed by atoms with E-state index in [-0.39, 0.29) is 17.5 Å². The van der Waals surface area contributed by atoms with E-state index in [0.717, 1.165) is 19.3 Å². The second-order valence-electron chi connectivity index (χ2n) is 6.26. The van der Waals surface area contributed by atoms with Gasteiger partial charge in [0.15, 0.2) is 0 Å². The number of aromatic carboxylic acids is 1. The van der Waals surface area contributed by atoms with Gasteiger partial charge in [-0.25, -0.2) is 4.79 Å². The van der Waals surface area contributed by atoms with Crippen molar-refractivity contribution in [1.29, 1.82) is 0 Å². The fraction of sp³-hybridized carbons (Fsp3) is 0.300. The number of amides is 1. The molecule has 0 aliphatic heterocycles. The van der Waals surface area contributed by atoms with Crippen LogP contribution < -0.4 is 5.32 Å². The minimum absolute atomic E-state index is 0.130. The van der Waals surface area contributed by atoms with Crippen LogP contribution in [0.4, 0.5) is 0 Å². The molecule has 0 aromatic heterocycles. The van der Waals surface area contributed by atoms with Crippen molar-refractivity contribution in [2.45, 2.75) is 32.2 Å². The molecule has 1 aliphatic rings. The Bertz CT molecular complexity index is 769. The quantitative estimate of drug-likeness (QED) is 0.845. The molecule has 2 aromatic rings. The number of hydrogen-bond donors (Lipinski definition) is 2. The summed E-state index contributed by atoms with van der Waals surface area (Å²) in [4.78, 5) is 24.1. The standard InChI is InChI=1S/C20H21NO3/c1-2-7-13-12-18(13)21-19(22)16-10-5-3-8-14(16)15-9-4-6-11-17(15)20(23)24/h3-6,8-11,13,18H,2,7,12H2,1H3,(H,21,22)(H,23,24). The predicted molar refractivity (Wildman–Crippen MR) is 93.1 cm³/mol. The molecule has 4 heteroatoms. The lowest BCUT2D eigenvalue weighted by molar-refractivity contribution is 0.0697. The van der Waals surface area contributed by atoms with E-state index in [1.54, 1.807) is 42.5 Å². The summed E-state index contributed by atoms with van der Waals surface area (Å²) in [5.41, 5.74) is 1.94. The first-order chi connectivity index (χ1) is 11.6. The minimum atomic E-state index is -0.994. The Morgan fingerprint density at radius 1 is 1.04 bits per heavy atom. The van der Waals surface area contributed by atoms with Crippen LogP contribution >= 0.6 is 0 Å². The van der Waals surface area contributed by atoms with Crippen LogP contribution in [-0.4, -0.2) is 23.0 Å². The first-order valence-corrected chi connectivity index (χ1v) is 8.34. The third-order valence-corrected chi connectivity index (χ3v) is 4.52.